The number of nitrogens with one attached hydrogen (secondary N) is 1. The van der Waals surface area contributed by atoms with E-state index >= 15 is 0 Å². The van der Waals surface area contributed by atoms with Gasteiger partial charge in [-0.2, -0.15) is 0 Å². The largest absolute Gasteiger partial charge is 0.381 e. The van der Waals surface area contributed by atoms with Crippen molar-refractivity contribution in [2.24, 2.45) is 11.7 Å². The second-order valence-corrected chi connectivity index (χ2v) is 6.74. The summed E-state index contributed by atoms with van der Waals surface area (Å²) in [5.41, 5.74) is 8.67. The van der Waals surface area contributed by atoms with Crippen LogP contribution in [-0.4, -0.2) is 25.2 Å². The first-order chi connectivity index (χ1) is 10.2. The Balaban J connectivity index is 1.65. The zero-order valence-corrected chi connectivity index (χ0v) is 13.6. The first-order valence-electron chi connectivity index (χ1n) is 7.58. The maximum Gasteiger partial charge on any atom is 0.237 e. The summed E-state index contributed by atoms with van der Waals surface area (Å²) < 4.78 is 6.46. The lowest BCUT2D eigenvalue weighted by Gasteiger charge is -2.28. The van der Waals surface area contributed by atoms with Crippen molar-refractivity contribution >= 4 is 21.8 Å². The van der Waals surface area contributed by atoms with Crippen LogP contribution in [0, 0.1) is 5.92 Å². The lowest BCUT2D eigenvalue weighted by atomic mass is 9.91. The molecule has 1 heterocycles. The third-order valence-electron chi connectivity index (χ3n) is 4.61. The molecule has 3 rings (SSSR count). The van der Waals surface area contributed by atoms with E-state index in [4.69, 9.17) is 10.5 Å². The number of amides is 1. The highest BCUT2D eigenvalue weighted by Crippen LogP contribution is 2.35. The van der Waals surface area contributed by atoms with E-state index in [-0.39, 0.29) is 17.9 Å². The van der Waals surface area contributed by atoms with E-state index in [1.54, 1.807) is 0 Å². The molecule has 1 fully saturated rings. The number of hydrogen-bond acceptors (Lipinski definition) is 3. The van der Waals surface area contributed by atoms with E-state index in [0.29, 0.717) is 13.2 Å². The molecule has 2 unspecified atom stereocenters. The van der Waals surface area contributed by atoms with Gasteiger partial charge in [-0.3, -0.25) is 4.79 Å². The van der Waals surface area contributed by atoms with Gasteiger partial charge in [-0.15, -0.1) is 0 Å². The molecular formula is C16H21BrN2O2. The summed E-state index contributed by atoms with van der Waals surface area (Å²) >= 11 is 3.58. The highest BCUT2D eigenvalue weighted by molar-refractivity contribution is 9.10. The Morgan fingerprint density at radius 2 is 2.10 bits per heavy atom. The first kappa shape index (κ1) is 15.0. The minimum atomic E-state index is -0.426. The molecule has 0 bridgehead atoms. The minimum Gasteiger partial charge on any atom is -0.381 e. The molecule has 0 radical (unpaired) electrons. The lowest BCUT2D eigenvalue weighted by molar-refractivity contribution is -0.125. The summed E-state index contributed by atoms with van der Waals surface area (Å²) in [5.74, 6) is 0.210. The Labute approximate surface area is 133 Å². The number of ether oxygens (including phenoxy) is 1. The zero-order chi connectivity index (χ0) is 14.8. The molecule has 2 atom stereocenters. The SMILES string of the molecule is NC(C(=O)NC1CCc2c(Br)cccc21)C1CCOCC1. The molecule has 5 heteroatoms. The van der Waals surface area contributed by atoms with Crippen molar-refractivity contribution in [3.05, 3.63) is 33.8 Å². The van der Waals surface area contributed by atoms with Gasteiger partial charge in [0.1, 0.15) is 0 Å². The zero-order valence-electron chi connectivity index (χ0n) is 12.0. The van der Waals surface area contributed by atoms with E-state index in [1.165, 1.54) is 11.1 Å². The predicted octanol–water partition coefficient (Wildman–Crippen LogP) is 2.31. The first-order valence-corrected chi connectivity index (χ1v) is 8.37. The van der Waals surface area contributed by atoms with Crippen molar-refractivity contribution in [1.82, 2.24) is 5.32 Å². The standard InChI is InChI=1S/C16H21BrN2O2/c17-13-3-1-2-12-11(13)4-5-14(12)19-16(20)15(18)10-6-8-21-9-7-10/h1-3,10,14-15H,4-9,18H2,(H,19,20). The van der Waals surface area contributed by atoms with Crippen LogP contribution in [0.1, 0.15) is 36.4 Å². The van der Waals surface area contributed by atoms with E-state index in [2.05, 4.69) is 33.4 Å². The van der Waals surface area contributed by atoms with Crippen LogP contribution >= 0.6 is 15.9 Å². The number of rotatable bonds is 3. The molecule has 1 aromatic rings. The average Bonchev–Trinajstić information content (AvgIpc) is 2.92. The summed E-state index contributed by atoms with van der Waals surface area (Å²) in [4.78, 5) is 12.4. The van der Waals surface area contributed by atoms with Crippen molar-refractivity contribution in [2.75, 3.05) is 13.2 Å². The van der Waals surface area contributed by atoms with E-state index < -0.39 is 6.04 Å². The highest BCUT2D eigenvalue weighted by atomic mass is 79.9. The molecule has 114 valence electrons. The van der Waals surface area contributed by atoms with E-state index in [1.807, 2.05) is 6.07 Å². The summed E-state index contributed by atoms with van der Waals surface area (Å²) in [7, 11) is 0. The van der Waals surface area contributed by atoms with Crippen LogP contribution < -0.4 is 11.1 Å². The van der Waals surface area contributed by atoms with Gasteiger partial charge in [0, 0.05) is 17.7 Å². The topological polar surface area (TPSA) is 64.4 Å². The van der Waals surface area contributed by atoms with Crippen LogP contribution in [0.25, 0.3) is 0 Å². The number of benzene rings is 1. The number of carbonyl (C=O) groups is 1. The van der Waals surface area contributed by atoms with Gasteiger partial charge in [-0.25, -0.2) is 0 Å². The predicted molar refractivity (Wildman–Crippen MR) is 84.9 cm³/mol. The van der Waals surface area contributed by atoms with Crippen molar-refractivity contribution in [3.8, 4) is 0 Å². The lowest BCUT2D eigenvalue weighted by Crippen LogP contribution is -2.47. The van der Waals surface area contributed by atoms with Gasteiger partial charge in [0.25, 0.3) is 0 Å². The molecule has 0 aromatic heterocycles. The number of carbonyl (C=O) groups excluding carboxylic acids is 1. The molecule has 0 saturated carbocycles. The van der Waals surface area contributed by atoms with Crippen molar-refractivity contribution in [3.63, 3.8) is 0 Å². The Hall–Kier alpha value is -0.910. The normalized spacial score (nSPS) is 23.6. The molecule has 21 heavy (non-hydrogen) atoms. The van der Waals surface area contributed by atoms with Gasteiger partial charge >= 0.3 is 0 Å². The van der Waals surface area contributed by atoms with E-state index in [9.17, 15) is 4.79 Å². The average molecular weight is 353 g/mol. The molecule has 1 aliphatic carbocycles. The van der Waals surface area contributed by atoms with E-state index in [0.717, 1.165) is 30.2 Å². The smallest absolute Gasteiger partial charge is 0.237 e. The van der Waals surface area contributed by atoms with Crippen LogP contribution in [0.4, 0.5) is 0 Å². The fourth-order valence-electron chi connectivity index (χ4n) is 3.32. The maximum absolute atomic E-state index is 12.4. The van der Waals surface area contributed by atoms with Crippen LogP contribution in [0.3, 0.4) is 0 Å². The van der Waals surface area contributed by atoms with Gasteiger partial charge in [0.2, 0.25) is 5.91 Å². The van der Waals surface area contributed by atoms with Crippen LogP contribution in [0.5, 0.6) is 0 Å². The molecule has 1 aromatic carbocycles. The highest BCUT2D eigenvalue weighted by Gasteiger charge is 2.30. The van der Waals surface area contributed by atoms with Gasteiger partial charge in [-0.1, -0.05) is 28.1 Å². The molecule has 1 aliphatic heterocycles. The summed E-state index contributed by atoms with van der Waals surface area (Å²) in [6.07, 6.45) is 3.70. The number of halogens is 1. The van der Waals surface area contributed by atoms with Gasteiger partial charge in [0.05, 0.1) is 12.1 Å². The van der Waals surface area contributed by atoms with Gasteiger partial charge in [0.15, 0.2) is 0 Å². The van der Waals surface area contributed by atoms with Crippen LogP contribution in [0.15, 0.2) is 22.7 Å². The second-order valence-electron chi connectivity index (χ2n) is 5.88. The molecule has 2 aliphatic rings. The molecule has 1 saturated heterocycles. The third kappa shape index (κ3) is 3.15. The van der Waals surface area contributed by atoms with Gasteiger partial charge in [-0.05, 0) is 48.8 Å². The summed E-state index contributed by atoms with van der Waals surface area (Å²) in [6, 6.07) is 5.83. The monoisotopic (exact) mass is 352 g/mol. The Morgan fingerprint density at radius 3 is 2.86 bits per heavy atom. The molecule has 4 nitrogen and oxygen atoms in total. The Kier molecular flexibility index (Phi) is 4.62. The summed E-state index contributed by atoms with van der Waals surface area (Å²) in [6.45, 7) is 1.43. The van der Waals surface area contributed by atoms with Crippen LogP contribution in [0.2, 0.25) is 0 Å². The maximum atomic E-state index is 12.4. The van der Waals surface area contributed by atoms with Crippen molar-refractivity contribution in [1.29, 1.82) is 0 Å². The second kappa shape index (κ2) is 6.46. The fourth-order valence-corrected chi connectivity index (χ4v) is 3.90. The molecule has 3 N–H and O–H groups in total. The van der Waals surface area contributed by atoms with Crippen molar-refractivity contribution in [2.45, 2.75) is 37.8 Å². The summed E-state index contributed by atoms with van der Waals surface area (Å²) in [5, 5.41) is 3.13. The molecule has 0 spiro atoms. The number of hydrogen-bond donors (Lipinski definition) is 2. The fraction of sp³-hybridized carbons (Fsp3) is 0.562. The van der Waals surface area contributed by atoms with Gasteiger partial charge < -0.3 is 15.8 Å². The Morgan fingerprint density at radius 1 is 1.33 bits per heavy atom. The minimum absolute atomic E-state index is 0.0280. The quantitative estimate of drug-likeness (QED) is 0.877. The van der Waals surface area contributed by atoms with Crippen LogP contribution in [-0.2, 0) is 16.0 Å². The van der Waals surface area contributed by atoms with Crippen molar-refractivity contribution < 1.29 is 9.53 Å². The number of nitrogens with two attached hydrogens (primary N) is 1. The molecular weight excluding hydrogens is 332 g/mol. The molecule has 1 amide bonds. The number of fused-ring (bicyclic) bond motifs is 1. The Bertz CT molecular complexity index is 529. The third-order valence-corrected chi connectivity index (χ3v) is 5.35.